The normalized spacial score (nSPS) is 11.0. The number of fused-ring (bicyclic) bond motifs is 3. The van der Waals surface area contributed by atoms with Crippen molar-refractivity contribution in [1.29, 1.82) is 0 Å². The van der Waals surface area contributed by atoms with E-state index in [2.05, 4.69) is 31.2 Å². The maximum Gasteiger partial charge on any atom is 0.349 e. The molecule has 2 heterocycles. The average molecular weight is 468 g/mol. The van der Waals surface area contributed by atoms with Gasteiger partial charge in [-0.2, -0.15) is 0 Å². The van der Waals surface area contributed by atoms with Crippen LogP contribution in [-0.2, 0) is 4.79 Å². The summed E-state index contributed by atoms with van der Waals surface area (Å²) in [6, 6.07) is 12.6. The van der Waals surface area contributed by atoms with Gasteiger partial charge < -0.3 is 14.5 Å². The van der Waals surface area contributed by atoms with E-state index in [9.17, 15) is 9.59 Å². The largest absolute Gasteiger partial charge is 0.494 e. The molecule has 0 aliphatic carbocycles. The first kappa shape index (κ1) is 20.0. The quantitative estimate of drug-likeness (QED) is 0.330. The van der Waals surface area contributed by atoms with Gasteiger partial charge in [0, 0.05) is 21.8 Å². The maximum absolute atomic E-state index is 12.7. The van der Waals surface area contributed by atoms with Crippen molar-refractivity contribution in [3.05, 3.63) is 57.4 Å². The fraction of sp³-hybridized carbons (Fsp3) is 0.182. The molecule has 1 N–H and O–H groups in total. The number of aromatic nitrogens is 2. The van der Waals surface area contributed by atoms with E-state index in [4.69, 9.17) is 9.15 Å². The van der Waals surface area contributed by atoms with Crippen molar-refractivity contribution >= 4 is 49.5 Å². The molecule has 8 heteroatoms. The van der Waals surface area contributed by atoms with Crippen LogP contribution in [0.25, 0.3) is 33.3 Å². The van der Waals surface area contributed by atoms with Crippen LogP contribution in [0.1, 0.15) is 20.3 Å². The fourth-order valence-corrected chi connectivity index (χ4v) is 3.44. The van der Waals surface area contributed by atoms with Crippen LogP contribution in [0.4, 0.5) is 5.82 Å². The molecular weight excluding hydrogens is 450 g/mol. The number of ether oxygens (including phenoxy) is 1. The van der Waals surface area contributed by atoms with E-state index in [1.165, 1.54) is 0 Å². The second-order valence-corrected chi connectivity index (χ2v) is 7.42. The number of rotatable bonds is 5. The Kier molecular flexibility index (Phi) is 5.50. The Labute approximate surface area is 180 Å². The molecule has 0 spiro atoms. The number of halogens is 1. The summed E-state index contributed by atoms with van der Waals surface area (Å²) in [7, 11) is 0. The summed E-state index contributed by atoms with van der Waals surface area (Å²) in [5, 5.41) is 3.49. The highest BCUT2D eigenvalue weighted by molar-refractivity contribution is 9.10. The van der Waals surface area contributed by atoms with Crippen LogP contribution in [0.3, 0.4) is 0 Å². The number of hydrogen-bond donors (Lipinski definition) is 1. The Morgan fingerprint density at radius 3 is 2.60 bits per heavy atom. The van der Waals surface area contributed by atoms with Crippen LogP contribution in [0.2, 0.25) is 0 Å². The third-order valence-electron chi connectivity index (χ3n) is 4.51. The molecule has 2 aromatic heterocycles. The monoisotopic (exact) mass is 467 g/mol. The van der Waals surface area contributed by atoms with E-state index >= 15 is 0 Å². The molecule has 0 saturated heterocycles. The molecular formula is C22H18BrN3O4. The number of nitrogens with one attached hydrogen (secondary N) is 1. The molecule has 1 amide bonds. The van der Waals surface area contributed by atoms with E-state index in [0.29, 0.717) is 28.9 Å². The molecule has 0 atom stereocenters. The van der Waals surface area contributed by atoms with E-state index in [-0.39, 0.29) is 23.5 Å². The summed E-state index contributed by atoms with van der Waals surface area (Å²) in [6.45, 7) is 4.20. The molecule has 30 heavy (non-hydrogen) atoms. The van der Waals surface area contributed by atoms with Crippen molar-refractivity contribution in [2.24, 2.45) is 0 Å². The van der Waals surface area contributed by atoms with Gasteiger partial charge in [-0.05, 0) is 49.4 Å². The first-order chi connectivity index (χ1) is 14.5. The molecule has 0 bridgehead atoms. The molecule has 7 nitrogen and oxygen atoms in total. The third-order valence-corrected chi connectivity index (χ3v) is 5.01. The van der Waals surface area contributed by atoms with Crippen LogP contribution in [0, 0.1) is 0 Å². The fourth-order valence-electron chi connectivity index (χ4n) is 3.08. The Balaban J connectivity index is 2.01. The van der Waals surface area contributed by atoms with Gasteiger partial charge in [0.1, 0.15) is 16.7 Å². The lowest BCUT2D eigenvalue weighted by Gasteiger charge is -2.11. The average Bonchev–Trinajstić information content (AvgIpc) is 2.74. The standard InChI is InChI=1S/C22H18BrN3O4/c1-3-17(27)24-21-18-19(15-11-13(23)7-10-16(15)30-22(18)28)25-20(26-21)12-5-8-14(9-6-12)29-4-2/h5-11H,3-4H2,1-2H3,(H,24,25,26,27). The van der Waals surface area contributed by atoms with Gasteiger partial charge in [-0.25, -0.2) is 14.8 Å². The zero-order valence-electron chi connectivity index (χ0n) is 16.4. The Morgan fingerprint density at radius 1 is 1.13 bits per heavy atom. The maximum atomic E-state index is 12.7. The van der Waals surface area contributed by atoms with Crippen LogP contribution in [0.15, 0.2) is 56.1 Å². The molecule has 4 aromatic rings. The van der Waals surface area contributed by atoms with E-state index < -0.39 is 5.63 Å². The van der Waals surface area contributed by atoms with E-state index in [0.717, 1.165) is 15.8 Å². The predicted molar refractivity (Wildman–Crippen MR) is 119 cm³/mol. The second-order valence-electron chi connectivity index (χ2n) is 6.51. The van der Waals surface area contributed by atoms with Crippen molar-refractivity contribution in [3.63, 3.8) is 0 Å². The highest BCUT2D eigenvalue weighted by atomic mass is 79.9. The Morgan fingerprint density at radius 2 is 1.90 bits per heavy atom. The Hall–Kier alpha value is -3.26. The second kappa shape index (κ2) is 8.23. The molecule has 0 fully saturated rings. The summed E-state index contributed by atoms with van der Waals surface area (Å²) in [6.07, 6.45) is 0.244. The summed E-state index contributed by atoms with van der Waals surface area (Å²) in [5.74, 6) is 0.980. The molecule has 0 aliphatic rings. The molecule has 0 radical (unpaired) electrons. The number of carbonyl (C=O) groups excluding carboxylic acids is 1. The van der Waals surface area contributed by atoms with E-state index in [1.807, 2.05) is 37.3 Å². The minimum atomic E-state index is -0.607. The van der Waals surface area contributed by atoms with Gasteiger partial charge in [0.2, 0.25) is 5.91 Å². The summed E-state index contributed by atoms with van der Waals surface area (Å²) < 4.78 is 11.7. The van der Waals surface area contributed by atoms with Gasteiger partial charge in [0.05, 0.1) is 12.1 Å². The van der Waals surface area contributed by atoms with Crippen molar-refractivity contribution in [2.75, 3.05) is 11.9 Å². The zero-order chi connectivity index (χ0) is 21.3. The lowest BCUT2D eigenvalue weighted by atomic mass is 10.1. The van der Waals surface area contributed by atoms with Crippen LogP contribution < -0.4 is 15.7 Å². The highest BCUT2D eigenvalue weighted by Crippen LogP contribution is 2.30. The van der Waals surface area contributed by atoms with Crippen molar-refractivity contribution in [3.8, 4) is 17.1 Å². The molecule has 0 aliphatic heterocycles. The number of anilines is 1. The van der Waals surface area contributed by atoms with Crippen LogP contribution in [0.5, 0.6) is 5.75 Å². The van der Waals surface area contributed by atoms with Crippen molar-refractivity contribution in [2.45, 2.75) is 20.3 Å². The summed E-state index contributed by atoms with van der Waals surface area (Å²) in [5.41, 5.74) is 0.931. The predicted octanol–water partition coefficient (Wildman–Crippen LogP) is 4.91. The minimum absolute atomic E-state index is 0.131. The van der Waals surface area contributed by atoms with Gasteiger partial charge >= 0.3 is 5.63 Å². The minimum Gasteiger partial charge on any atom is -0.494 e. The molecule has 4 rings (SSSR count). The van der Waals surface area contributed by atoms with Crippen molar-refractivity contribution < 1.29 is 13.9 Å². The van der Waals surface area contributed by atoms with Gasteiger partial charge in [0.25, 0.3) is 0 Å². The lowest BCUT2D eigenvalue weighted by Crippen LogP contribution is -2.15. The lowest BCUT2D eigenvalue weighted by molar-refractivity contribution is -0.115. The molecule has 0 saturated carbocycles. The van der Waals surface area contributed by atoms with Crippen LogP contribution in [-0.4, -0.2) is 22.5 Å². The topological polar surface area (TPSA) is 94.3 Å². The molecule has 152 valence electrons. The number of carbonyl (C=O) groups is 1. The number of benzene rings is 2. The zero-order valence-corrected chi connectivity index (χ0v) is 17.9. The molecule has 2 aromatic carbocycles. The third kappa shape index (κ3) is 3.78. The van der Waals surface area contributed by atoms with E-state index in [1.54, 1.807) is 19.1 Å². The summed E-state index contributed by atoms with van der Waals surface area (Å²) in [4.78, 5) is 33.9. The van der Waals surface area contributed by atoms with Gasteiger partial charge in [-0.3, -0.25) is 4.79 Å². The number of amides is 1. The molecule has 0 unspecified atom stereocenters. The highest BCUT2D eigenvalue weighted by Gasteiger charge is 2.18. The smallest absolute Gasteiger partial charge is 0.349 e. The summed E-state index contributed by atoms with van der Waals surface area (Å²) >= 11 is 3.45. The van der Waals surface area contributed by atoms with Crippen LogP contribution >= 0.6 is 15.9 Å². The number of hydrogen-bond acceptors (Lipinski definition) is 6. The van der Waals surface area contributed by atoms with Gasteiger partial charge in [-0.1, -0.05) is 22.9 Å². The first-order valence-electron chi connectivity index (χ1n) is 9.47. The van der Waals surface area contributed by atoms with Crippen molar-refractivity contribution in [1.82, 2.24) is 9.97 Å². The first-order valence-corrected chi connectivity index (χ1v) is 10.3. The number of nitrogens with zero attached hydrogens (tertiary/aromatic N) is 2. The van der Waals surface area contributed by atoms with Gasteiger partial charge in [-0.15, -0.1) is 0 Å². The van der Waals surface area contributed by atoms with Gasteiger partial charge in [0.15, 0.2) is 11.6 Å². The SMILES string of the molecule is CCOc1ccc(-c2nc(NC(=O)CC)c3c(=O)oc4ccc(Br)cc4c3n2)cc1. The Bertz CT molecular complexity index is 1320.